The molecule has 166 valence electrons. The lowest BCUT2D eigenvalue weighted by molar-refractivity contribution is 0.0754. The maximum Gasteiger partial charge on any atom is 0.247 e. The number of rotatable bonds is 6. The van der Waals surface area contributed by atoms with Crippen molar-refractivity contribution in [1.82, 2.24) is 24.3 Å². The van der Waals surface area contributed by atoms with Gasteiger partial charge in [0.15, 0.2) is 0 Å². The normalized spacial score (nSPS) is 14.1. The summed E-state index contributed by atoms with van der Waals surface area (Å²) in [7, 11) is 0.143. The first-order chi connectivity index (χ1) is 15.1. The fourth-order valence-electron chi connectivity index (χ4n) is 3.64. The number of pyridine rings is 1. The fraction of sp³-hybridized carbons (Fsp3) is 0.227. The Labute approximate surface area is 184 Å². The van der Waals surface area contributed by atoms with E-state index in [1.54, 1.807) is 47.1 Å². The summed E-state index contributed by atoms with van der Waals surface area (Å²) < 4.78 is 38.7. The Morgan fingerprint density at radius 1 is 1.06 bits per heavy atom. The monoisotopic (exact) mass is 455 g/mol. The minimum atomic E-state index is -3.55. The molecule has 3 heterocycles. The van der Waals surface area contributed by atoms with Gasteiger partial charge >= 0.3 is 0 Å². The van der Waals surface area contributed by atoms with Crippen LogP contribution in [-0.2, 0) is 9.84 Å². The minimum Gasteiger partial charge on any atom is -0.386 e. The van der Waals surface area contributed by atoms with Gasteiger partial charge in [-0.3, -0.25) is 9.30 Å². The average Bonchev–Trinajstić information content (AvgIpc) is 3.18. The zero-order chi connectivity index (χ0) is 23.0. The molecule has 0 saturated carbocycles. The van der Waals surface area contributed by atoms with Gasteiger partial charge in [-0.05, 0) is 55.6 Å². The maximum atomic E-state index is 13.4. The summed E-state index contributed by atoms with van der Waals surface area (Å²) in [5, 5.41) is 10.9. The summed E-state index contributed by atoms with van der Waals surface area (Å²) >= 11 is 0. The van der Waals surface area contributed by atoms with Crippen LogP contribution >= 0.6 is 0 Å². The molecule has 0 saturated heterocycles. The predicted octanol–water partition coefficient (Wildman–Crippen LogP) is 2.67. The Morgan fingerprint density at radius 3 is 2.44 bits per heavy atom. The van der Waals surface area contributed by atoms with Gasteiger partial charge in [0.25, 0.3) is 0 Å². The topological polar surface area (TPSA) is 101 Å². The van der Waals surface area contributed by atoms with Crippen molar-refractivity contribution in [2.75, 3.05) is 20.4 Å². The van der Waals surface area contributed by atoms with Gasteiger partial charge in [-0.1, -0.05) is 12.1 Å². The van der Waals surface area contributed by atoms with Gasteiger partial charge in [0.05, 0.1) is 29.7 Å². The third-order valence-electron chi connectivity index (χ3n) is 5.17. The summed E-state index contributed by atoms with van der Waals surface area (Å²) in [6.45, 7) is 0. The van der Waals surface area contributed by atoms with Crippen LogP contribution in [0.3, 0.4) is 0 Å². The first-order valence-electron chi connectivity index (χ1n) is 9.75. The van der Waals surface area contributed by atoms with Crippen molar-refractivity contribution in [2.24, 2.45) is 0 Å². The molecule has 4 rings (SSSR count). The van der Waals surface area contributed by atoms with Gasteiger partial charge in [0.1, 0.15) is 11.5 Å². The molecule has 0 aliphatic rings. The van der Waals surface area contributed by atoms with E-state index in [1.807, 2.05) is 19.0 Å². The number of likely N-dealkylation sites (N-methyl/N-ethyl adjacent to an activating group) is 1. The van der Waals surface area contributed by atoms with Crippen LogP contribution in [0.2, 0.25) is 0 Å². The fourth-order valence-corrected chi connectivity index (χ4v) is 4.15. The van der Waals surface area contributed by atoms with Crippen LogP contribution in [0, 0.1) is 5.82 Å². The zero-order valence-electron chi connectivity index (χ0n) is 17.7. The van der Waals surface area contributed by atoms with Gasteiger partial charge in [0, 0.05) is 18.6 Å². The van der Waals surface area contributed by atoms with E-state index in [9.17, 15) is 17.9 Å². The first-order valence-corrected chi connectivity index (χ1v) is 11.6. The number of fused-ring (bicyclic) bond motifs is 1. The number of aliphatic hydroxyl groups is 1. The van der Waals surface area contributed by atoms with Gasteiger partial charge in [-0.15, -0.1) is 0 Å². The van der Waals surface area contributed by atoms with E-state index in [4.69, 9.17) is 0 Å². The van der Waals surface area contributed by atoms with Crippen LogP contribution in [0.15, 0.2) is 66.2 Å². The van der Waals surface area contributed by atoms with Crippen molar-refractivity contribution < 1.29 is 17.9 Å². The molecule has 1 aromatic carbocycles. The van der Waals surface area contributed by atoms with Crippen LogP contribution in [0.25, 0.3) is 17.0 Å². The quantitative estimate of drug-likeness (QED) is 0.446. The largest absolute Gasteiger partial charge is 0.386 e. The number of halogens is 1. The molecule has 1 N–H and O–H groups in total. The molecule has 8 nitrogen and oxygen atoms in total. The van der Waals surface area contributed by atoms with Crippen molar-refractivity contribution in [3.8, 4) is 11.4 Å². The molecular formula is C22H22FN5O3S. The minimum absolute atomic E-state index is 0.259. The number of sulfone groups is 1. The number of benzene rings is 1. The standard InChI is InChI=1S/C22H22FN5O3S/c1-27(2)20(14-4-6-16(23)7-5-14)21(29)15-9-11-28-18(13-25-19(28)12-15)17-8-10-24-22(26-17)32(3,30)31/h4-13,20-21,29H,1-3H3. The predicted molar refractivity (Wildman–Crippen MR) is 117 cm³/mol. The van der Waals surface area contributed by atoms with Gasteiger partial charge in [-0.25, -0.2) is 27.8 Å². The first kappa shape index (κ1) is 22.0. The van der Waals surface area contributed by atoms with E-state index >= 15 is 0 Å². The van der Waals surface area contributed by atoms with Crippen LogP contribution in [-0.4, -0.2) is 58.1 Å². The summed E-state index contributed by atoms with van der Waals surface area (Å²) in [4.78, 5) is 14.2. The smallest absolute Gasteiger partial charge is 0.247 e. The molecule has 0 spiro atoms. The Morgan fingerprint density at radius 2 is 1.78 bits per heavy atom. The van der Waals surface area contributed by atoms with Crippen molar-refractivity contribution in [3.05, 3.63) is 78.0 Å². The van der Waals surface area contributed by atoms with E-state index in [-0.39, 0.29) is 11.0 Å². The van der Waals surface area contributed by atoms with Crippen LogP contribution in [0.4, 0.5) is 4.39 Å². The summed E-state index contributed by atoms with van der Waals surface area (Å²) in [5.74, 6) is -0.337. The van der Waals surface area contributed by atoms with Gasteiger partial charge in [-0.2, -0.15) is 0 Å². The molecule has 2 atom stereocenters. The van der Waals surface area contributed by atoms with Crippen molar-refractivity contribution in [1.29, 1.82) is 0 Å². The molecule has 0 aliphatic carbocycles. The SMILES string of the molecule is CN(C)C(c1ccc(F)cc1)C(O)c1ccn2c(-c3ccnc(S(C)(=O)=O)n3)cnc2c1. The van der Waals surface area contributed by atoms with E-state index in [0.29, 0.717) is 22.6 Å². The second kappa shape index (κ2) is 8.38. The number of imidazole rings is 1. The molecule has 0 radical (unpaired) electrons. The maximum absolute atomic E-state index is 13.4. The number of aliphatic hydroxyl groups excluding tert-OH is 1. The van der Waals surface area contributed by atoms with Crippen LogP contribution < -0.4 is 0 Å². The highest BCUT2D eigenvalue weighted by molar-refractivity contribution is 7.90. The Bertz CT molecular complexity index is 1370. The third-order valence-corrected chi connectivity index (χ3v) is 6.03. The molecule has 2 unspecified atom stereocenters. The van der Waals surface area contributed by atoms with E-state index < -0.39 is 22.0 Å². The number of hydrogen-bond donors (Lipinski definition) is 1. The lowest BCUT2D eigenvalue weighted by Crippen LogP contribution is -2.26. The van der Waals surface area contributed by atoms with Crippen molar-refractivity contribution >= 4 is 15.5 Å². The summed E-state index contributed by atoms with van der Waals surface area (Å²) in [6.07, 6.45) is 4.88. The molecule has 0 amide bonds. The zero-order valence-corrected chi connectivity index (χ0v) is 18.5. The number of aromatic nitrogens is 4. The molecule has 3 aromatic heterocycles. The summed E-state index contributed by atoms with van der Waals surface area (Å²) in [6, 6.07) is 10.8. The second-order valence-electron chi connectivity index (χ2n) is 7.73. The van der Waals surface area contributed by atoms with Gasteiger partial charge < -0.3 is 5.11 Å². The number of hydrogen-bond acceptors (Lipinski definition) is 7. The molecule has 10 heteroatoms. The van der Waals surface area contributed by atoms with E-state index in [2.05, 4.69) is 15.0 Å². The van der Waals surface area contributed by atoms with Crippen molar-refractivity contribution in [3.63, 3.8) is 0 Å². The van der Waals surface area contributed by atoms with Crippen LogP contribution in [0.5, 0.6) is 0 Å². The Kier molecular flexibility index (Phi) is 5.76. The van der Waals surface area contributed by atoms with E-state index in [1.165, 1.54) is 18.3 Å². The van der Waals surface area contributed by atoms with E-state index in [0.717, 1.165) is 11.8 Å². The summed E-state index contributed by atoms with van der Waals surface area (Å²) in [5.41, 5.74) is 2.99. The Balaban J connectivity index is 1.71. The highest BCUT2D eigenvalue weighted by Crippen LogP contribution is 2.33. The molecule has 0 aliphatic heterocycles. The lowest BCUT2D eigenvalue weighted by atomic mass is 9.95. The highest BCUT2D eigenvalue weighted by atomic mass is 32.2. The molecule has 0 bridgehead atoms. The average molecular weight is 456 g/mol. The molecule has 4 aromatic rings. The third kappa shape index (κ3) is 4.24. The molecule has 0 fully saturated rings. The van der Waals surface area contributed by atoms with Crippen molar-refractivity contribution in [2.45, 2.75) is 17.3 Å². The molecule has 32 heavy (non-hydrogen) atoms. The van der Waals surface area contributed by atoms with Gasteiger partial charge in [0.2, 0.25) is 15.0 Å². The Hall–Kier alpha value is -3.21. The molecular weight excluding hydrogens is 433 g/mol. The second-order valence-corrected chi connectivity index (χ2v) is 9.64. The number of nitrogens with zero attached hydrogens (tertiary/aromatic N) is 5. The highest BCUT2D eigenvalue weighted by Gasteiger charge is 2.25. The lowest BCUT2D eigenvalue weighted by Gasteiger charge is -2.30. The van der Waals surface area contributed by atoms with Crippen LogP contribution in [0.1, 0.15) is 23.3 Å².